The summed E-state index contributed by atoms with van der Waals surface area (Å²) in [6.07, 6.45) is 3.96. The summed E-state index contributed by atoms with van der Waals surface area (Å²) in [6, 6.07) is 2.55. The van der Waals surface area contributed by atoms with Crippen LogP contribution in [0.15, 0.2) is 18.5 Å². The number of nitrogens with zero attached hydrogens (tertiary/aromatic N) is 4. The summed E-state index contributed by atoms with van der Waals surface area (Å²) < 4.78 is 29.4. The van der Waals surface area contributed by atoms with E-state index >= 15 is 0 Å². The molecule has 0 amide bonds. The first-order valence-electron chi connectivity index (χ1n) is 5.62. The zero-order valence-corrected chi connectivity index (χ0v) is 13.7. The van der Waals surface area contributed by atoms with Crippen molar-refractivity contribution in [3.8, 4) is 11.1 Å². The van der Waals surface area contributed by atoms with Crippen LogP contribution in [0.2, 0.25) is 0 Å². The summed E-state index contributed by atoms with van der Waals surface area (Å²) in [4.78, 5) is 7.81. The average Bonchev–Trinajstić information content (AvgIpc) is 2.79. The van der Waals surface area contributed by atoms with E-state index in [2.05, 4.69) is 21.3 Å². The quantitative estimate of drug-likeness (QED) is 0.635. The molecule has 0 atom stereocenters. The number of fused-ring (bicyclic) bond motifs is 1. The van der Waals surface area contributed by atoms with E-state index in [1.807, 2.05) is 0 Å². The predicted molar refractivity (Wildman–Crippen MR) is 64.4 cm³/mol. The van der Waals surface area contributed by atoms with Crippen LogP contribution in [0.25, 0.3) is 16.9 Å². The minimum atomic E-state index is -0.641. The second-order valence-electron chi connectivity index (χ2n) is 4.26. The van der Waals surface area contributed by atoms with Gasteiger partial charge in [-0.25, -0.2) is 13.8 Å². The smallest absolute Gasteiger partial charge is 0.318 e. The maximum atomic E-state index is 14.0. The Bertz CT molecular complexity index is 762. The number of rotatable bonds is 1. The van der Waals surface area contributed by atoms with E-state index in [-0.39, 0.29) is 43.8 Å². The Morgan fingerprint density at radius 3 is 2.45 bits per heavy atom. The van der Waals surface area contributed by atoms with Crippen LogP contribution in [0.3, 0.4) is 0 Å². The second-order valence-corrected chi connectivity index (χ2v) is 4.26. The monoisotopic (exact) mass is 348 g/mol. The minimum absolute atomic E-state index is 0. The Morgan fingerprint density at radius 2 is 1.80 bits per heavy atom. The molecule has 0 unspecified atom stereocenters. The van der Waals surface area contributed by atoms with Crippen molar-refractivity contribution in [2.24, 2.45) is 0 Å². The first kappa shape index (κ1) is 15.1. The molecule has 1 aromatic carbocycles. The van der Waals surface area contributed by atoms with Gasteiger partial charge in [0.05, 0.1) is 11.6 Å². The van der Waals surface area contributed by atoms with Gasteiger partial charge in [0.2, 0.25) is 0 Å². The molecule has 96 valence electrons. The van der Waals surface area contributed by atoms with Gasteiger partial charge in [-0.3, -0.25) is 4.52 Å². The van der Waals surface area contributed by atoms with Crippen LogP contribution < -0.4 is 0 Å². The van der Waals surface area contributed by atoms with Crippen LogP contribution in [-0.4, -0.2) is 19.6 Å². The molecule has 0 radical (unpaired) electrons. The molecular formula is C13H9F2N4Y+2. The Balaban J connectivity index is 0.00000147. The number of benzene rings is 1. The molecule has 7 heteroatoms. The minimum Gasteiger partial charge on any atom is -0.318 e. The molecule has 0 saturated carbocycles. The summed E-state index contributed by atoms with van der Waals surface area (Å²) in [6.45, 7) is 3.32. The van der Waals surface area contributed by atoms with Gasteiger partial charge in [-0.1, -0.05) is 12.5 Å². The Morgan fingerprint density at radius 1 is 1.15 bits per heavy atom. The van der Waals surface area contributed by atoms with Crippen molar-refractivity contribution in [1.29, 1.82) is 0 Å². The molecule has 0 saturated heterocycles. The normalized spacial score (nSPS) is 10.6. The molecule has 3 aromatic rings. The Hall–Kier alpha value is -1.27. The van der Waals surface area contributed by atoms with E-state index in [0.717, 1.165) is 0 Å². The second kappa shape index (κ2) is 5.62. The molecule has 0 aliphatic rings. The van der Waals surface area contributed by atoms with Crippen LogP contribution in [0.4, 0.5) is 8.78 Å². The van der Waals surface area contributed by atoms with E-state index < -0.39 is 11.6 Å². The first-order valence-corrected chi connectivity index (χ1v) is 5.62. The fourth-order valence-corrected chi connectivity index (χ4v) is 2.02. The van der Waals surface area contributed by atoms with Gasteiger partial charge < -0.3 is 4.98 Å². The van der Waals surface area contributed by atoms with Crippen molar-refractivity contribution < 1.29 is 41.5 Å². The molecule has 0 aliphatic heterocycles. The first-order chi connectivity index (χ1) is 9.08. The molecule has 0 spiro atoms. The van der Waals surface area contributed by atoms with Crippen LogP contribution in [0, 0.1) is 31.7 Å². The zero-order valence-electron chi connectivity index (χ0n) is 10.9. The van der Waals surface area contributed by atoms with Gasteiger partial charge in [0.1, 0.15) is 6.33 Å². The third-order valence-electron chi connectivity index (χ3n) is 2.91. The summed E-state index contributed by atoms with van der Waals surface area (Å²) in [5.41, 5.74) is 1.15. The van der Waals surface area contributed by atoms with Crippen molar-refractivity contribution in [2.75, 3.05) is 0 Å². The number of halogens is 2. The summed E-state index contributed by atoms with van der Waals surface area (Å²) in [7, 11) is 0. The van der Waals surface area contributed by atoms with Gasteiger partial charge >= 0.3 is 32.7 Å². The molecule has 4 nitrogen and oxygen atoms in total. The predicted octanol–water partition coefficient (Wildman–Crippen LogP) is 2.48. The van der Waals surface area contributed by atoms with Crippen LogP contribution in [-0.2, 0) is 32.7 Å². The molecule has 0 fully saturated rings. The number of hydrogen-bond donors (Lipinski definition) is 0. The van der Waals surface area contributed by atoms with Gasteiger partial charge in [0.25, 0.3) is 0 Å². The molecule has 2 heterocycles. The molecule has 0 bridgehead atoms. The SMILES string of the molecule is Cc1cc(F)c(-c2[c-]nc3ncnn3c2C)c(F)c1.[Y+3]. The van der Waals surface area contributed by atoms with Gasteiger partial charge in [0, 0.05) is 0 Å². The molecule has 0 aliphatic carbocycles. The van der Waals surface area contributed by atoms with Crippen molar-refractivity contribution >= 4 is 5.78 Å². The van der Waals surface area contributed by atoms with E-state index in [0.29, 0.717) is 17.0 Å². The van der Waals surface area contributed by atoms with Crippen LogP contribution in [0.1, 0.15) is 11.3 Å². The Kier molecular flexibility index (Phi) is 4.25. The zero-order chi connectivity index (χ0) is 13.6. The molecule has 0 N–H and O–H groups in total. The fraction of sp³-hybridized carbons (Fsp3) is 0.154. The van der Waals surface area contributed by atoms with Gasteiger partial charge in [-0.15, -0.1) is 0 Å². The average molecular weight is 348 g/mol. The van der Waals surface area contributed by atoms with Gasteiger partial charge in [-0.2, -0.15) is 5.10 Å². The number of aromatic nitrogens is 4. The number of hydrogen-bond acceptors (Lipinski definition) is 3. The number of aryl methyl sites for hydroxylation is 2. The van der Waals surface area contributed by atoms with E-state index in [4.69, 9.17) is 0 Å². The standard InChI is InChI=1S/C13H9F2N4.Y/c1-7-3-10(14)12(11(15)4-7)9-5-16-13-17-6-18-19(13)8(9)2;/h3-4,6H,1-2H3;/q-1;+3. The van der Waals surface area contributed by atoms with E-state index in [9.17, 15) is 8.78 Å². The summed E-state index contributed by atoms with van der Waals surface area (Å²) >= 11 is 0. The topological polar surface area (TPSA) is 43.1 Å². The van der Waals surface area contributed by atoms with Gasteiger partial charge in [-0.05, 0) is 42.1 Å². The van der Waals surface area contributed by atoms with Crippen LogP contribution >= 0.6 is 0 Å². The molecular weight excluding hydrogens is 339 g/mol. The molecule has 3 rings (SSSR count). The fourth-order valence-electron chi connectivity index (χ4n) is 2.02. The van der Waals surface area contributed by atoms with Crippen LogP contribution in [0.5, 0.6) is 0 Å². The summed E-state index contributed by atoms with van der Waals surface area (Å²) in [5.74, 6) is -0.939. The molecule has 2 aromatic heterocycles. The maximum absolute atomic E-state index is 14.0. The van der Waals surface area contributed by atoms with Crippen molar-refractivity contribution in [3.05, 3.63) is 47.5 Å². The van der Waals surface area contributed by atoms with Crippen molar-refractivity contribution in [1.82, 2.24) is 19.6 Å². The van der Waals surface area contributed by atoms with Gasteiger partial charge in [0.15, 0.2) is 5.78 Å². The third-order valence-corrected chi connectivity index (χ3v) is 2.91. The largest absolute Gasteiger partial charge is 3.00 e. The van der Waals surface area contributed by atoms with E-state index in [1.165, 1.54) is 23.0 Å². The maximum Gasteiger partial charge on any atom is 3.00 e. The third kappa shape index (κ3) is 2.38. The molecule has 20 heavy (non-hydrogen) atoms. The van der Waals surface area contributed by atoms with Crippen molar-refractivity contribution in [2.45, 2.75) is 13.8 Å². The van der Waals surface area contributed by atoms with E-state index in [1.54, 1.807) is 13.8 Å². The van der Waals surface area contributed by atoms with Crippen molar-refractivity contribution in [3.63, 3.8) is 0 Å². The Labute approximate surface area is 139 Å². The summed E-state index contributed by atoms with van der Waals surface area (Å²) in [5, 5.41) is 3.96.